The molecule has 1 saturated heterocycles. The first-order valence-electron chi connectivity index (χ1n) is 7.65. The van der Waals surface area contributed by atoms with Crippen LogP contribution in [0, 0.1) is 0 Å². The monoisotopic (exact) mass is 273 g/mol. The lowest BCUT2D eigenvalue weighted by Gasteiger charge is -2.38. The number of anilines is 2. The molecular formula is C16H23N3O. The number of nitrogens with zero attached hydrogens (tertiary/aromatic N) is 1. The molecule has 4 heteroatoms. The van der Waals surface area contributed by atoms with Crippen molar-refractivity contribution >= 4 is 17.3 Å². The largest absolute Gasteiger partial charge is 0.385 e. The van der Waals surface area contributed by atoms with Crippen LogP contribution < -0.4 is 15.5 Å². The molecule has 0 saturated carbocycles. The number of likely N-dealkylation sites (N-methyl/N-ethyl adjacent to an activating group) is 1. The van der Waals surface area contributed by atoms with Crippen LogP contribution in [0.5, 0.6) is 0 Å². The number of carbonyl (C=O) groups is 1. The van der Waals surface area contributed by atoms with Gasteiger partial charge in [0.25, 0.3) is 0 Å². The molecule has 1 fully saturated rings. The van der Waals surface area contributed by atoms with Crippen molar-refractivity contribution in [2.24, 2.45) is 0 Å². The average Bonchev–Trinajstić information content (AvgIpc) is 2.53. The molecule has 0 spiro atoms. The average molecular weight is 273 g/mol. The summed E-state index contributed by atoms with van der Waals surface area (Å²) < 4.78 is 0. The molecule has 0 aromatic heterocycles. The van der Waals surface area contributed by atoms with Gasteiger partial charge in [0.1, 0.15) is 6.04 Å². The first kappa shape index (κ1) is 13.3. The predicted molar refractivity (Wildman–Crippen MR) is 82.3 cm³/mol. The van der Waals surface area contributed by atoms with E-state index in [0.29, 0.717) is 0 Å². The van der Waals surface area contributed by atoms with Gasteiger partial charge in [-0.25, -0.2) is 0 Å². The minimum absolute atomic E-state index is 0.0119. The zero-order chi connectivity index (χ0) is 13.9. The van der Waals surface area contributed by atoms with Crippen LogP contribution in [0.25, 0.3) is 0 Å². The summed E-state index contributed by atoms with van der Waals surface area (Å²) >= 11 is 0. The summed E-state index contributed by atoms with van der Waals surface area (Å²) in [6.07, 6.45) is 5.54. The zero-order valence-electron chi connectivity index (χ0n) is 12.1. The third kappa shape index (κ3) is 2.35. The minimum atomic E-state index is -0.0119. The molecule has 3 rings (SSSR count). The Morgan fingerprint density at radius 1 is 1.35 bits per heavy atom. The number of benzene rings is 1. The number of fused-ring (bicyclic) bond motifs is 1. The maximum atomic E-state index is 12.2. The van der Waals surface area contributed by atoms with Crippen LogP contribution >= 0.6 is 0 Å². The van der Waals surface area contributed by atoms with Crippen molar-refractivity contribution in [3.63, 3.8) is 0 Å². The van der Waals surface area contributed by atoms with E-state index in [1.165, 1.54) is 29.8 Å². The fourth-order valence-electron chi connectivity index (χ4n) is 3.42. The lowest BCUT2D eigenvalue weighted by Crippen LogP contribution is -2.49. The molecule has 1 atom stereocenters. The Balaban J connectivity index is 1.95. The number of hydrogen-bond acceptors (Lipinski definition) is 3. The summed E-state index contributed by atoms with van der Waals surface area (Å²) in [7, 11) is 1.73. The Bertz CT molecular complexity index is 500. The van der Waals surface area contributed by atoms with Crippen LogP contribution in [0.3, 0.4) is 0 Å². The number of nitrogens with one attached hydrogen (secondary N) is 2. The van der Waals surface area contributed by atoms with E-state index in [0.717, 1.165) is 32.4 Å². The first-order chi connectivity index (χ1) is 9.81. The lowest BCUT2D eigenvalue weighted by atomic mass is 9.95. The van der Waals surface area contributed by atoms with E-state index in [4.69, 9.17) is 0 Å². The molecule has 1 amide bonds. The van der Waals surface area contributed by atoms with E-state index >= 15 is 0 Å². The molecule has 0 bridgehead atoms. The van der Waals surface area contributed by atoms with Crippen molar-refractivity contribution in [3.05, 3.63) is 23.8 Å². The molecule has 108 valence electrons. The van der Waals surface area contributed by atoms with E-state index in [-0.39, 0.29) is 11.9 Å². The van der Waals surface area contributed by atoms with E-state index in [2.05, 4.69) is 33.7 Å². The van der Waals surface area contributed by atoms with Gasteiger partial charge < -0.3 is 15.5 Å². The highest BCUT2D eigenvalue weighted by atomic mass is 16.2. The van der Waals surface area contributed by atoms with Gasteiger partial charge in [-0.05, 0) is 49.8 Å². The minimum Gasteiger partial charge on any atom is -0.385 e. The second-order valence-electron chi connectivity index (χ2n) is 5.65. The van der Waals surface area contributed by atoms with Crippen molar-refractivity contribution in [1.29, 1.82) is 0 Å². The van der Waals surface area contributed by atoms with Gasteiger partial charge in [-0.1, -0.05) is 6.07 Å². The number of amides is 1. The van der Waals surface area contributed by atoms with Crippen LogP contribution in [-0.2, 0) is 11.2 Å². The second-order valence-corrected chi connectivity index (χ2v) is 5.65. The maximum Gasteiger partial charge on any atom is 0.242 e. The Morgan fingerprint density at radius 2 is 2.25 bits per heavy atom. The van der Waals surface area contributed by atoms with Crippen molar-refractivity contribution in [2.75, 3.05) is 30.4 Å². The van der Waals surface area contributed by atoms with Gasteiger partial charge in [-0.2, -0.15) is 0 Å². The number of hydrogen-bond donors (Lipinski definition) is 2. The quantitative estimate of drug-likeness (QED) is 0.868. The summed E-state index contributed by atoms with van der Waals surface area (Å²) in [4.78, 5) is 14.5. The molecule has 1 unspecified atom stereocenters. The molecule has 2 aliphatic rings. The fourth-order valence-corrected chi connectivity index (χ4v) is 3.42. The van der Waals surface area contributed by atoms with E-state index < -0.39 is 0 Å². The molecule has 0 radical (unpaired) electrons. The van der Waals surface area contributed by atoms with Crippen molar-refractivity contribution in [2.45, 2.75) is 38.1 Å². The molecule has 2 heterocycles. The fraction of sp³-hybridized carbons (Fsp3) is 0.562. The number of carbonyl (C=O) groups excluding carboxylic acids is 1. The molecule has 20 heavy (non-hydrogen) atoms. The van der Waals surface area contributed by atoms with Crippen LogP contribution in [-0.4, -0.2) is 32.1 Å². The SMILES string of the molecule is CNC(=O)C1CCCCN1c1cccc2c1CCCN2. The molecule has 1 aromatic carbocycles. The van der Waals surface area contributed by atoms with Gasteiger partial charge in [-0.3, -0.25) is 4.79 Å². The summed E-state index contributed by atoms with van der Waals surface area (Å²) in [6, 6.07) is 6.41. The third-order valence-electron chi connectivity index (χ3n) is 4.43. The summed E-state index contributed by atoms with van der Waals surface area (Å²) in [5, 5.41) is 6.29. The zero-order valence-corrected chi connectivity index (χ0v) is 12.1. The van der Waals surface area contributed by atoms with E-state index in [9.17, 15) is 4.79 Å². The molecule has 4 nitrogen and oxygen atoms in total. The van der Waals surface area contributed by atoms with Crippen molar-refractivity contribution in [3.8, 4) is 0 Å². The van der Waals surface area contributed by atoms with E-state index in [1.54, 1.807) is 7.05 Å². The van der Waals surface area contributed by atoms with Crippen LogP contribution in [0.1, 0.15) is 31.2 Å². The van der Waals surface area contributed by atoms with Gasteiger partial charge in [0.05, 0.1) is 0 Å². The highest BCUT2D eigenvalue weighted by Gasteiger charge is 2.30. The lowest BCUT2D eigenvalue weighted by molar-refractivity contribution is -0.122. The van der Waals surface area contributed by atoms with Crippen molar-refractivity contribution in [1.82, 2.24) is 5.32 Å². The highest BCUT2D eigenvalue weighted by Crippen LogP contribution is 2.34. The number of rotatable bonds is 2. The van der Waals surface area contributed by atoms with Gasteiger partial charge >= 0.3 is 0 Å². The Labute approximate surface area is 120 Å². The van der Waals surface area contributed by atoms with Gasteiger partial charge in [0.15, 0.2) is 0 Å². The molecule has 1 aromatic rings. The maximum absolute atomic E-state index is 12.2. The second kappa shape index (κ2) is 5.73. The summed E-state index contributed by atoms with van der Waals surface area (Å²) in [5.41, 5.74) is 3.88. The predicted octanol–water partition coefficient (Wildman–Crippen LogP) is 2.15. The topological polar surface area (TPSA) is 44.4 Å². The Kier molecular flexibility index (Phi) is 3.81. The normalized spacial score (nSPS) is 21.9. The molecular weight excluding hydrogens is 250 g/mol. The van der Waals surface area contributed by atoms with Gasteiger partial charge in [0, 0.05) is 31.5 Å². The third-order valence-corrected chi connectivity index (χ3v) is 4.43. The van der Waals surface area contributed by atoms with Crippen LogP contribution in [0.2, 0.25) is 0 Å². The first-order valence-corrected chi connectivity index (χ1v) is 7.65. The standard InChI is InChI=1S/C16H23N3O/c1-17-16(20)15-8-2-3-11-19(15)14-9-4-7-13-12(14)6-5-10-18-13/h4,7,9,15,18H,2-3,5-6,8,10-11H2,1H3,(H,17,20). The molecule has 2 aliphatic heterocycles. The highest BCUT2D eigenvalue weighted by molar-refractivity contribution is 5.86. The Hall–Kier alpha value is -1.71. The molecule has 2 N–H and O–H groups in total. The Morgan fingerprint density at radius 3 is 3.10 bits per heavy atom. The van der Waals surface area contributed by atoms with Gasteiger partial charge in [0.2, 0.25) is 5.91 Å². The van der Waals surface area contributed by atoms with Gasteiger partial charge in [-0.15, -0.1) is 0 Å². The summed E-state index contributed by atoms with van der Waals surface area (Å²) in [5.74, 6) is 0.145. The smallest absolute Gasteiger partial charge is 0.242 e. The van der Waals surface area contributed by atoms with E-state index in [1.807, 2.05) is 0 Å². The van der Waals surface area contributed by atoms with Crippen molar-refractivity contribution < 1.29 is 4.79 Å². The summed E-state index contributed by atoms with van der Waals surface area (Å²) in [6.45, 7) is 2.03. The molecule has 0 aliphatic carbocycles. The van der Waals surface area contributed by atoms with Crippen LogP contribution in [0.15, 0.2) is 18.2 Å². The van der Waals surface area contributed by atoms with Crippen LogP contribution in [0.4, 0.5) is 11.4 Å². The number of piperidine rings is 1.